The van der Waals surface area contributed by atoms with Crippen LogP contribution in [0.3, 0.4) is 0 Å². The third-order valence-corrected chi connectivity index (χ3v) is 6.27. The van der Waals surface area contributed by atoms with Crippen molar-refractivity contribution in [3.8, 4) is 17.0 Å². The molecule has 1 saturated heterocycles. The van der Waals surface area contributed by atoms with Crippen LogP contribution in [0.2, 0.25) is 10.0 Å². The quantitative estimate of drug-likeness (QED) is 0.502. The minimum absolute atomic E-state index is 0.0959. The van der Waals surface area contributed by atoms with Gasteiger partial charge in [-0.3, -0.25) is 9.78 Å². The normalized spacial score (nSPS) is 17.5. The molecule has 9 heteroatoms. The zero-order valence-electron chi connectivity index (χ0n) is 16.5. The third-order valence-electron chi connectivity index (χ3n) is 5.45. The number of aromatic nitrogens is 2. The number of aromatic amines is 1. The average molecular weight is 459 g/mol. The number of halogens is 2. The van der Waals surface area contributed by atoms with Crippen LogP contribution in [0.5, 0.6) is 5.75 Å². The van der Waals surface area contributed by atoms with Crippen LogP contribution in [0, 0.1) is 0 Å². The van der Waals surface area contributed by atoms with Crippen LogP contribution in [0.25, 0.3) is 11.3 Å². The molecule has 0 spiro atoms. The summed E-state index contributed by atoms with van der Waals surface area (Å²) in [7, 11) is 0. The number of anilines is 2. The van der Waals surface area contributed by atoms with Crippen LogP contribution in [0.4, 0.5) is 11.4 Å². The number of nitrogens with one attached hydrogen (secondary N) is 3. The molecule has 1 unspecified atom stereocenters. The van der Waals surface area contributed by atoms with E-state index in [0.29, 0.717) is 52.3 Å². The fourth-order valence-electron chi connectivity index (χ4n) is 3.74. The average Bonchev–Trinajstić information content (AvgIpc) is 3.10. The number of benzene rings is 1. The number of hydrogen-bond donors (Lipinski definition) is 3. The van der Waals surface area contributed by atoms with Gasteiger partial charge in [0.15, 0.2) is 0 Å². The smallest absolute Gasteiger partial charge is 0.255 e. The molecule has 1 aromatic carbocycles. The molecule has 160 valence electrons. The van der Waals surface area contributed by atoms with E-state index in [9.17, 15) is 4.79 Å². The van der Waals surface area contributed by atoms with Gasteiger partial charge in [-0.05, 0) is 18.2 Å². The van der Waals surface area contributed by atoms with Crippen LogP contribution in [0.1, 0.15) is 22.5 Å². The molecule has 1 atom stereocenters. The van der Waals surface area contributed by atoms with Gasteiger partial charge in [-0.1, -0.05) is 29.3 Å². The first kappa shape index (κ1) is 20.2. The van der Waals surface area contributed by atoms with Gasteiger partial charge in [0.1, 0.15) is 12.4 Å². The first-order chi connectivity index (χ1) is 15.1. The maximum absolute atomic E-state index is 12.7. The molecule has 2 aromatic heterocycles. The van der Waals surface area contributed by atoms with Gasteiger partial charge in [0.25, 0.3) is 5.91 Å². The van der Waals surface area contributed by atoms with Crippen molar-refractivity contribution < 1.29 is 14.3 Å². The molecule has 31 heavy (non-hydrogen) atoms. The largest absolute Gasteiger partial charge is 0.489 e. The molecule has 3 N–H and O–H groups in total. The molecule has 5 rings (SSSR count). The van der Waals surface area contributed by atoms with Gasteiger partial charge < -0.3 is 25.1 Å². The number of carbonyl (C=O) groups is 1. The summed E-state index contributed by atoms with van der Waals surface area (Å²) >= 11 is 12.6. The standard InChI is InChI=1S/C22H20Cl2N4O3/c23-14-2-1-3-16(19(14)24)28-21-18-15(5-8-26-22(18)29)27-20(21)13-4-7-25-10-17(13)31-11-12-6-9-30-12/h1-4,7,10,12,27-28H,5-6,8-9,11H2,(H,26,29). The number of carbonyl (C=O) groups excluding carboxylic acids is 1. The second-order valence-corrected chi connectivity index (χ2v) is 8.21. The highest BCUT2D eigenvalue weighted by Gasteiger charge is 2.29. The molecule has 1 fully saturated rings. The maximum Gasteiger partial charge on any atom is 0.255 e. The summed E-state index contributed by atoms with van der Waals surface area (Å²) in [5.41, 5.74) is 4.15. The lowest BCUT2D eigenvalue weighted by atomic mass is 10.0. The van der Waals surface area contributed by atoms with Crippen molar-refractivity contribution in [2.24, 2.45) is 0 Å². The molecule has 3 aromatic rings. The highest BCUT2D eigenvalue weighted by molar-refractivity contribution is 6.43. The highest BCUT2D eigenvalue weighted by atomic mass is 35.5. The number of hydrogen-bond acceptors (Lipinski definition) is 5. The highest BCUT2D eigenvalue weighted by Crippen LogP contribution is 2.42. The van der Waals surface area contributed by atoms with Gasteiger partial charge >= 0.3 is 0 Å². The number of ether oxygens (including phenoxy) is 2. The number of rotatable bonds is 6. The van der Waals surface area contributed by atoms with Crippen molar-refractivity contribution in [3.05, 3.63) is 58.0 Å². The molecule has 2 aliphatic rings. The van der Waals surface area contributed by atoms with E-state index in [1.807, 2.05) is 12.1 Å². The van der Waals surface area contributed by atoms with Crippen molar-refractivity contribution >= 4 is 40.5 Å². The molecule has 1 amide bonds. The van der Waals surface area contributed by atoms with Crippen LogP contribution >= 0.6 is 23.2 Å². The van der Waals surface area contributed by atoms with E-state index >= 15 is 0 Å². The summed E-state index contributed by atoms with van der Waals surface area (Å²) in [6.45, 7) is 1.78. The van der Waals surface area contributed by atoms with E-state index in [4.69, 9.17) is 32.7 Å². The van der Waals surface area contributed by atoms with Crippen molar-refractivity contribution in [2.75, 3.05) is 25.1 Å². The summed E-state index contributed by atoms with van der Waals surface area (Å²) in [4.78, 5) is 20.4. The van der Waals surface area contributed by atoms with E-state index in [2.05, 4.69) is 20.6 Å². The molecule has 0 radical (unpaired) electrons. The van der Waals surface area contributed by atoms with E-state index in [1.165, 1.54) is 0 Å². The molecule has 0 bridgehead atoms. The summed E-state index contributed by atoms with van der Waals surface area (Å²) in [6.07, 6.45) is 5.13. The Kier molecular flexibility index (Phi) is 5.48. The van der Waals surface area contributed by atoms with Gasteiger partial charge in [0, 0.05) is 43.4 Å². The van der Waals surface area contributed by atoms with E-state index in [0.717, 1.165) is 30.0 Å². The Hall–Kier alpha value is -2.74. The minimum Gasteiger partial charge on any atom is -0.489 e. The molecular weight excluding hydrogens is 439 g/mol. The molecule has 4 heterocycles. The number of amides is 1. The summed E-state index contributed by atoms with van der Waals surface area (Å²) in [6, 6.07) is 7.19. The Morgan fingerprint density at radius 1 is 1.29 bits per heavy atom. The predicted octanol–water partition coefficient (Wildman–Crippen LogP) is 4.58. The zero-order chi connectivity index (χ0) is 21.4. The van der Waals surface area contributed by atoms with Crippen LogP contribution in [0.15, 0.2) is 36.7 Å². The first-order valence-corrected chi connectivity index (χ1v) is 10.8. The Labute approximate surface area is 189 Å². The van der Waals surface area contributed by atoms with E-state index in [1.54, 1.807) is 24.5 Å². The zero-order valence-corrected chi connectivity index (χ0v) is 18.0. The van der Waals surface area contributed by atoms with Gasteiger partial charge in [0.05, 0.1) is 45.0 Å². The number of nitrogens with zero attached hydrogens (tertiary/aromatic N) is 1. The predicted molar refractivity (Wildman–Crippen MR) is 120 cm³/mol. The molecule has 2 aliphatic heterocycles. The molecule has 0 aliphatic carbocycles. The van der Waals surface area contributed by atoms with Gasteiger partial charge in [0.2, 0.25) is 0 Å². The minimum atomic E-state index is -0.149. The number of H-pyrrole nitrogens is 1. The monoisotopic (exact) mass is 458 g/mol. The summed E-state index contributed by atoms with van der Waals surface area (Å²) < 4.78 is 11.5. The third kappa shape index (κ3) is 3.84. The summed E-state index contributed by atoms with van der Waals surface area (Å²) in [5, 5.41) is 7.04. The van der Waals surface area contributed by atoms with Crippen molar-refractivity contribution in [2.45, 2.75) is 18.9 Å². The van der Waals surface area contributed by atoms with Gasteiger partial charge in [-0.15, -0.1) is 0 Å². The Morgan fingerprint density at radius 3 is 2.97 bits per heavy atom. The molecule has 0 saturated carbocycles. The van der Waals surface area contributed by atoms with Gasteiger partial charge in [-0.2, -0.15) is 0 Å². The second kappa shape index (κ2) is 8.42. The summed E-state index contributed by atoms with van der Waals surface area (Å²) in [5.74, 6) is 0.459. The molecular formula is C22H20Cl2N4O3. The fraction of sp³-hybridized carbons (Fsp3) is 0.273. The molecule has 7 nitrogen and oxygen atoms in total. The van der Waals surface area contributed by atoms with Crippen molar-refractivity contribution in [1.82, 2.24) is 15.3 Å². The van der Waals surface area contributed by atoms with E-state index < -0.39 is 0 Å². The Bertz CT molecular complexity index is 1140. The lowest BCUT2D eigenvalue weighted by Crippen LogP contribution is -2.32. The van der Waals surface area contributed by atoms with Gasteiger partial charge in [-0.25, -0.2) is 0 Å². The second-order valence-electron chi connectivity index (χ2n) is 7.43. The Balaban J connectivity index is 1.59. The topological polar surface area (TPSA) is 88.3 Å². The lowest BCUT2D eigenvalue weighted by molar-refractivity contribution is -0.0720. The van der Waals surface area contributed by atoms with Crippen LogP contribution in [-0.2, 0) is 11.2 Å². The van der Waals surface area contributed by atoms with E-state index in [-0.39, 0.29) is 12.0 Å². The van der Waals surface area contributed by atoms with Crippen LogP contribution < -0.4 is 15.4 Å². The van der Waals surface area contributed by atoms with Crippen molar-refractivity contribution in [1.29, 1.82) is 0 Å². The number of fused-ring (bicyclic) bond motifs is 1. The first-order valence-electron chi connectivity index (χ1n) is 10.0. The fourth-order valence-corrected chi connectivity index (χ4v) is 4.09. The lowest BCUT2D eigenvalue weighted by Gasteiger charge is -2.26. The Morgan fingerprint density at radius 2 is 2.16 bits per heavy atom. The maximum atomic E-state index is 12.7. The van der Waals surface area contributed by atoms with Crippen LogP contribution in [-0.4, -0.2) is 41.7 Å². The SMILES string of the molecule is O=C1NCCc2[nH]c(-c3ccncc3OCC3CCO3)c(Nc3cccc(Cl)c3Cl)c21. The number of pyridine rings is 1. The van der Waals surface area contributed by atoms with Crippen molar-refractivity contribution in [3.63, 3.8) is 0 Å².